The number of aromatic nitrogens is 3. The van der Waals surface area contributed by atoms with E-state index in [4.69, 9.17) is 11.6 Å². The molecular weight excluding hydrogens is 384 g/mol. The minimum Gasteiger partial charge on any atom is -0.363 e. The second-order valence-electron chi connectivity index (χ2n) is 5.07. The maximum absolute atomic E-state index is 6.09. The minimum atomic E-state index is 0.236. The third-order valence-electron chi connectivity index (χ3n) is 3.58. The molecule has 116 valence electrons. The number of halogens is 2. The average Bonchev–Trinajstić information content (AvgIpc) is 3.08. The number of aryl methyl sites for hydroxylation is 1. The third-order valence-corrected chi connectivity index (χ3v) is 5.43. The van der Waals surface area contributed by atoms with Crippen LogP contribution in [0, 0.1) is 6.92 Å². The standard InChI is InChI=1S/C15H16BrClN4S/c1-3-5-11-9(2)12-14(18-8-10-6-4-7-22-10)19-15(17)20-21(12)13(11)16/h4,6-7H,3,5,8H2,1-2H3,(H,18,19,20). The Morgan fingerprint density at radius 2 is 2.27 bits per heavy atom. The smallest absolute Gasteiger partial charge is 0.243 e. The molecule has 0 aromatic carbocycles. The lowest BCUT2D eigenvalue weighted by Crippen LogP contribution is -2.05. The molecule has 0 amide bonds. The molecule has 0 aliphatic carbocycles. The van der Waals surface area contributed by atoms with Crippen LogP contribution in [0.2, 0.25) is 5.28 Å². The highest BCUT2D eigenvalue weighted by Gasteiger charge is 2.18. The van der Waals surface area contributed by atoms with Crippen molar-refractivity contribution in [3.05, 3.63) is 43.4 Å². The Bertz CT molecular complexity index is 798. The lowest BCUT2D eigenvalue weighted by Gasteiger charge is -2.07. The number of hydrogen-bond acceptors (Lipinski definition) is 4. The summed E-state index contributed by atoms with van der Waals surface area (Å²) in [5.74, 6) is 0.772. The highest BCUT2D eigenvalue weighted by Crippen LogP contribution is 2.32. The Morgan fingerprint density at radius 3 is 2.95 bits per heavy atom. The number of nitrogens with zero attached hydrogens (tertiary/aromatic N) is 3. The summed E-state index contributed by atoms with van der Waals surface area (Å²) in [4.78, 5) is 5.64. The zero-order valence-electron chi connectivity index (χ0n) is 12.4. The van der Waals surface area contributed by atoms with Crippen LogP contribution >= 0.6 is 38.9 Å². The van der Waals surface area contributed by atoms with Gasteiger partial charge in [0.2, 0.25) is 5.28 Å². The van der Waals surface area contributed by atoms with E-state index in [1.165, 1.54) is 16.0 Å². The molecular formula is C15H16BrClN4S. The van der Waals surface area contributed by atoms with E-state index in [0.29, 0.717) is 0 Å². The van der Waals surface area contributed by atoms with Crippen molar-refractivity contribution in [3.8, 4) is 0 Å². The molecule has 0 aliphatic heterocycles. The normalized spacial score (nSPS) is 11.3. The van der Waals surface area contributed by atoms with Crippen LogP contribution in [0.3, 0.4) is 0 Å². The monoisotopic (exact) mass is 398 g/mol. The molecule has 0 fully saturated rings. The third kappa shape index (κ3) is 2.87. The van der Waals surface area contributed by atoms with E-state index in [0.717, 1.165) is 35.3 Å². The summed E-state index contributed by atoms with van der Waals surface area (Å²) in [6.45, 7) is 5.01. The zero-order valence-corrected chi connectivity index (χ0v) is 15.5. The van der Waals surface area contributed by atoms with Gasteiger partial charge in [-0.2, -0.15) is 4.98 Å². The zero-order chi connectivity index (χ0) is 15.7. The maximum atomic E-state index is 6.09. The van der Waals surface area contributed by atoms with Crippen LogP contribution in [-0.2, 0) is 13.0 Å². The van der Waals surface area contributed by atoms with E-state index in [9.17, 15) is 0 Å². The second kappa shape index (κ2) is 6.56. The highest BCUT2D eigenvalue weighted by molar-refractivity contribution is 9.10. The van der Waals surface area contributed by atoms with Gasteiger partial charge in [0.25, 0.3) is 0 Å². The number of hydrogen-bond donors (Lipinski definition) is 1. The van der Waals surface area contributed by atoms with Gasteiger partial charge in [-0.3, -0.25) is 0 Å². The summed E-state index contributed by atoms with van der Waals surface area (Å²) in [6, 6.07) is 4.14. The van der Waals surface area contributed by atoms with Crippen LogP contribution in [0.4, 0.5) is 5.82 Å². The molecule has 0 bridgehead atoms. The molecule has 0 unspecified atom stereocenters. The molecule has 4 nitrogen and oxygen atoms in total. The molecule has 22 heavy (non-hydrogen) atoms. The molecule has 0 radical (unpaired) electrons. The second-order valence-corrected chi connectivity index (χ2v) is 7.19. The Kier molecular flexibility index (Phi) is 4.70. The fourth-order valence-corrected chi connectivity index (χ4v) is 4.11. The number of nitrogens with one attached hydrogen (secondary N) is 1. The quantitative estimate of drug-likeness (QED) is 0.650. The van der Waals surface area contributed by atoms with Crippen LogP contribution < -0.4 is 5.32 Å². The van der Waals surface area contributed by atoms with Gasteiger partial charge < -0.3 is 5.32 Å². The fraction of sp³-hybridized carbons (Fsp3) is 0.333. The van der Waals surface area contributed by atoms with E-state index < -0.39 is 0 Å². The van der Waals surface area contributed by atoms with Gasteiger partial charge in [0.1, 0.15) is 10.1 Å². The molecule has 3 aromatic rings. The van der Waals surface area contributed by atoms with Crippen molar-refractivity contribution >= 4 is 50.2 Å². The van der Waals surface area contributed by atoms with Crippen molar-refractivity contribution in [3.63, 3.8) is 0 Å². The van der Waals surface area contributed by atoms with Crippen molar-refractivity contribution in [2.75, 3.05) is 5.32 Å². The average molecular weight is 400 g/mol. The number of anilines is 1. The Balaban J connectivity index is 2.06. The van der Waals surface area contributed by atoms with Crippen LogP contribution in [0.15, 0.2) is 22.1 Å². The van der Waals surface area contributed by atoms with Crippen molar-refractivity contribution in [2.45, 2.75) is 33.2 Å². The van der Waals surface area contributed by atoms with Gasteiger partial charge in [-0.15, -0.1) is 16.4 Å². The SMILES string of the molecule is CCCc1c(C)c2c(NCc3cccs3)nc(Cl)nn2c1Br. The summed E-state index contributed by atoms with van der Waals surface area (Å²) >= 11 is 11.5. The van der Waals surface area contributed by atoms with Gasteiger partial charge in [0, 0.05) is 4.88 Å². The molecule has 3 rings (SSSR count). The number of fused-ring (bicyclic) bond motifs is 1. The topological polar surface area (TPSA) is 42.2 Å². The molecule has 3 aromatic heterocycles. The van der Waals surface area contributed by atoms with Crippen molar-refractivity contribution in [2.24, 2.45) is 0 Å². The summed E-state index contributed by atoms with van der Waals surface area (Å²) < 4.78 is 2.80. The predicted octanol–water partition coefficient (Wildman–Crippen LogP) is 5.08. The Labute approximate surface area is 146 Å². The predicted molar refractivity (Wildman–Crippen MR) is 96.1 cm³/mol. The minimum absolute atomic E-state index is 0.236. The lowest BCUT2D eigenvalue weighted by atomic mass is 10.1. The lowest BCUT2D eigenvalue weighted by molar-refractivity contribution is 0.859. The highest BCUT2D eigenvalue weighted by atomic mass is 79.9. The molecule has 7 heteroatoms. The summed E-state index contributed by atoms with van der Waals surface area (Å²) in [6.07, 6.45) is 2.08. The van der Waals surface area contributed by atoms with Gasteiger partial charge in [0.15, 0.2) is 5.82 Å². The van der Waals surface area contributed by atoms with E-state index >= 15 is 0 Å². The fourth-order valence-electron chi connectivity index (χ4n) is 2.55. The van der Waals surface area contributed by atoms with Crippen LogP contribution in [-0.4, -0.2) is 14.6 Å². The Morgan fingerprint density at radius 1 is 1.45 bits per heavy atom. The summed E-state index contributed by atoms with van der Waals surface area (Å²) in [7, 11) is 0. The van der Waals surface area contributed by atoms with E-state index in [1.54, 1.807) is 11.3 Å². The van der Waals surface area contributed by atoms with Gasteiger partial charge in [0.05, 0.1) is 6.54 Å². The van der Waals surface area contributed by atoms with E-state index in [2.05, 4.69) is 56.6 Å². The van der Waals surface area contributed by atoms with Gasteiger partial charge in [-0.05, 0) is 63.4 Å². The van der Waals surface area contributed by atoms with Crippen LogP contribution in [0.5, 0.6) is 0 Å². The van der Waals surface area contributed by atoms with E-state index in [-0.39, 0.29) is 5.28 Å². The van der Waals surface area contributed by atoms with Crippen LogP contribution in [0.1, 0.15) is 29.3 Å². The van der Waals surface area contributed by atoms with E-state index in [1.807, 2.05) is 10.6 Å². The summed E-state index contributed by atoms with van der Waals surface area (Å²) in [5.41, 5.74) is 3.44. The molecule has 1 N–H and O–H groups in total. The van der Waals surface area contributed by atoms with Crippen molar-refractivity contribution < 1.29 is 0 Å². The Hall–Kier alpha value is -1.11. The molecule has 0 aliphatic rings. The van der Waals surface area contributed by atoms with Gasteiger partial charge in [-0.1, -0.05) is 19.4 Å². The molecule has 0 spiro atoms. The number of rotatable bonds is 5. The number of thiophene rings is 1. The molecule has 0 atom stereocenters. The first-order valence-electron chi connectivity index (χ1n) is 7.11. The van der Waals surface area contributed by atoms with Gasteiger partial charge >= 0.3 is 0 Å². The first-order valence-corrected chi connectivity index (χ1v) is 9.16. The first kappa shape index (κ1) is 15.8. The largest absolute Gasteiger partial charge is 0.363 e. The van der Waals surface area contributed by atoms with Crippen molar-refractivity contribution in [1.29, 1.82) is 0 Å². The molecule has 0 saturated heterocycles. The van der Waals surface area contributed by atoms with Gasteiger partial charge in [-0.25, -0.2) is 4.52 Å². The summed E-state index contributed by atoms with van der Waals surface area (Å²) in [5, 5.41) is 10.0. The molecule has 0 saturated carbocycles. The maximum Gasteiger partial charge on any atom is 0.243 e. The first-order chi connectivity index (χ1) is 10.6. The van der Waals surface area contributed by atoms with Crippen molar-refractivity contribution in [1.82, 2.24) is 14.6 Å². The van der Waals surface area contributed by atoms with Crippen LogP contribution in [0.25, 0.3) is 5.52 Å². The molecule has 3 heterocycles.